The maximum absolute atomic E-state index is 12.2. The molecular formula is C52H49N19O8S3. The Kier molecular flexibility index (Phi) is 19.0. The zero-order valence-electron chi connectivity index (χ0n) is 44.2. The summed E-state index contributed by atoms with van der Waals surface area (Å²) in [5.41, 5.74) is 2.40. The number of thiazole rings is 3. The average Bonchev–Trinajstić information content (AvgIpc) is 4.53. The number of anilines is 3. The van der Waals surface area contributed by atoms with Crippen LogP contribution in [0.15, 0.2) is 121 Å². The Morgan fingerprint density at radius 1 is 0.537 bits per heavy atom. The van der Waals surface area contributed by atoms with Gasteiger partial charge in [0.2, 0.25) is 29.3 Å². The third kappa shape index (κ3) is 14.7. The molecule has 27 nitrogen and oxygen atoms in total. The molecule has 418 valence electrons. The highest BCUT2D eigenvalue weighted by Gasteiger charge is 2.22. The summed E-state index contributed by atoms with van der Waals surface area (Å²) in [5.74, 6) is 4.27. The Balaban J connectivity index is 0.000000149. The quantitative estimate of drug-likeness (QED) is 0.0414. The van der Waals surface area contributed by atoms with Crippen molar-refractivity contribution in [1.82, 2.24) is 80.6 Å². The topological polar surface area (TPSA) is 352 Å². The van der Waals surface area contributed by atoms with E-state index in [1.54, 1.807) is 55.0 Å². The third-order valence-corrected chi connectivity index (χ3v) is 13.9. The minimum Gasteiger partial charge on any atom is -0.484 e. The van der Waals surface area contributed by atoms with Crippen molar-refractivity contribution in [2.75, 3.05) is 42.4 Å². The van der Waals surface area contributed by atoms with Gasteiger partial charge < -0.3 is 39.4 Å². The van der Waals surface area contributed by atoms with E-state index in [0.29, 0.717) is 88.2 Å². The molecule has 0 radical (unpaired) electrons. The highest BCUT2D eigenvalue weighted by Crippen LogP contribution is 2.41. The SMILES string of the molecule is CCOc1nc(-c2ccnc(NC(=O)C(C)C)c2)sc1-c1ncn[nH]1.CCOc1nc(-c2ccnc(NC(=O)COc3ccccc3)c2)sc1-c1ncn[nH]1.CCOc1nc(-c2ccnc(NC(=O)c3ccno3)c2)sc1-c1ncn[nH]1. The molecule has 0 atom stereocenters. The van der Waals surface area contributed by atoms with E-state index < -0.39 is 5.91 Å². The number of carbonyl (C=O) groups excluding carboxylic acids is 3. The van der Waals surface area contributed by atoms with E-state index >= 15 is 0 Å². The van der Waals surface area contributed by atoms with Crippen molar-refractivity contribution in [2.24, 2.45) is 5.92 Å². The van der Waals surface area contributed by atoms with Crippen LogP contribution >= 0.6 is 34.0 Å². The fourth-order valence-electron chi connectivity index (χ4n) is 6.91. The van der Waals surface area contributed by atoms with E-state index in [1.165, 1.54) is 65.3 Å². The summed E-state index contributed by atoms with van der Waals surface area (Å²) < 4.78 is 27.2. The van der Waals surface area contributed by atoms with Crippen molar-refractivity contribution < 1.29 is 37.9 Å². The lowest BCUT2D eigenvalue weighted by molar-refractivity contribution is -0.119. The number of carbonyl (C=O) groups is 3. The van der Waals surface area contributed by atoms with Crippen LogP contribution in [0.2, 0.25) is 0 Å². The number of para-hydroxylation sites is 1. The molecule has 0 fully saturated rings. The van der Waals surface area contributed by atoms with E-state index in [4.69, 9.17) is 23.5 Å². The van der Waals surface area contributed by atoms with Gasteiger partial charge in [-0.25, -0.2) is 44.9 Å². The zero-order valence-corrected chi connectivity index (χ0v) is 46.6. The Hall–Kier alpha value is -10.2. The van der Waals surface area contributed by atoms with Gasteiger partial charge in [0.05, 0.1) is 26.0 Å². The number of amides is 3. The standard InChI is InChI=1S/C20H18N6O3S.C16H13N7O3S.C16H18N6O2S/c1-2-28-19-17(18-22-12-23-26-18)30-20(25-19)13-8-9-21-15(10-13)24-16(27)11-29-14-6-4-3-5-7-14;1-2-25-15-12(13-18-8-19-23-13)27-16(22-15)9-3-5-17-11(7-9)21-14(24)10-4-6-20-26-10;1-4-24-15-12(13-18-8-19-22-13)25-16(21-15)10-5-6-17-11(7-10)20-14(23)9(2)3/h3-10,12H,2,11H2,1H3,(H,21,24,27)(H,22,23,26);3-8H,2H2,1H3,(H,17,21,24)(H,18,19,23);5-9H,4H2,1-3H3,(H,17,20,23)(H,18,19,22). The van der Waals surface area contributed by atoms with Crippen LogP contribution in [0.4, 0.5) is 17.5 Å². The highest BCUT2D eigenvalue weighted by atomic mass is 32.1. The summed E-state index contributed by atoms with van der Waals surface area (Å²) >= 11 is 4.24. The van der Waals surface area contributed by atoms with Gasteiger partial charge in [0.25, 0.3) is 11.8 Å². The molecule has 0 aliphatic carbocycles. The number of benzene rings is 1. The number of H-pyrrole nitrogens is 3. The largest absolute Gasteiger partial charge is 0.484 e. The van der Waals surface area contributed by atoms with Crippen molar-refractivity contribution in [3.05, 3.63) is 122 Å². The molecular weight excluding hydrogens is 1110 g/mol. The van der Waals surface area contributed by atoms with Crippen molar-refractivity contribution in [3.63, 3.8) is 0 Å². The van der Waals surface area contributed by atoms with Gasteiger partial charge in [-0.15, -0.1) is 34.0 Å². The van der Waals surface area contributed by atoms with E-state index in [1.807, 2.05) is 65.0 Å². The van der Waals surface area contributed by atoms with Gasteiger partial charge in [-0.3, -0.25) is 29.7 Å². The summed E-state index contributed by atoms with van der Waals surface area (Å²) in [6.45, 7) is 10.7. The molecule has 30 heteroatoms. The van der Waals surface area contributed by atoms with E-state index in [2.05, 4.69) is 96.6 Å². The predicted octanol–water partition coefficient (Wildman–Crippen LogP) is 9.02. The zero-order chi connectivity index (χ0) is 57.2. The van der Waals surface area contributed by atoms with Crippen LogP contribution < -0.4 is 34.9 Å². The van der Waals surface area contributed by atoms with Crippen LogP contribution in [0.3, 0.4) is 0 Å². The van der Waals surface area contributed by atoms with Crippen LogP contribution in [0.25, 0.3) is 63.8 Å². The monoisotopic (exact) mass is 1160 g/mol. The number of aromatic nitrogens is 16. The number of aromatic amines is 3. The summed E-state index contributed by atoms with van der Waals surface area (Å²) in [6, 6.07) is 21.3. The number of pyridine rings is 3. The molecule has 0 spiro atoms. The fraction of sp³-hybridized carbons (Fsp3) is 0.192. The molecule has 0 saturated carbocycles. The molecule has 82 heavy (non-hydrogen) atoms. The van der Waals surface area contributed by atoms with E-state index in [9.17, 15) is 14.4 Å². The van der Waals surface area contributed by atoms with Gasteiger partial charge in [-0.1, -0.05) is 37.2 Å². The van der Waals surface area contributed by atoms with Crippen LogP contribution in [0.5, 0.6) is 23.4 Å². The Labute approximate surface area is 477 Å². The molecule has 0 unspecified atom stereocenters. The molecule has 1 aromatic carbocycles. The van der Waals surface area contributed by atoms with Gasteiger partial charge in [-0.05, 0) is 69.3 Å². The van der Waals surface area contributed by atoms with Crippen LogP contribution in [-0.2, 0) is 9.59 Å². The minimum absolute atomic E-state index is 0.0823. The lowest BCUT2D eigenvalue weighted by Gasteiger charge is -2.07. The maximum atomic E-state index is 12.2. The lowest BCUT2D eigenvalue weighted by atomic mass is 10.2. The second-order valence-corrected chi connectivity index (χ2v) is 19.7. The molecule has 11 aromatic rings. The van der Waals surface area contributed by atoms with Crippen molar-refractivity contribution in [3.8, 4) is 87.2 Å². The van der Waals surface area contributed by atoms with Crippen LogP contribution in [0.1, 0.15) is 45.2 Å². The van der Waals surface area contributed by atoms with Gasteiger partial charge in [0.1, 0.15) is 71.8 Å². The summed E-state index contributed by atoms with van der Waals surface area (Å²) in [6.07, 6.45) is 10.5. The number of nitrogens with one attached hydrogen (secondary N) is 6. The van der Waals surface area contributed by atoms with Gasteiger partial charge in [-0.2, -0.15) is 15.3 Å². The van der Waals surface area contributed by atoms with E-state index in [-0.39, 0.29) is 30.1 Å². The van der Waals surface area contributed by atoms with Crippen molar-refractivity contribution in [2.45, 2.75) is 34.6 Å². The minimum atomic E-state index is -0.436. The van der Waals surface area contributed by atoms with Crippen LogP contribution in [-0.4, -0.2) is 125 Å². The first-order valence-electron chi connectivity index (χ1n) is 24.9. The second kappa shape index (κ2) is 27.6. The van der Waals surface area contributed by atoms with Gasteiger partial charge in [0.15, 0.2) is 24.1 Å². The number of rotatable bonds is 20. The van der Waals surface area contributed by atoms with Crippen LogP contribution in [0, 0.1) is 5.92 Å². The average molecular weight is 1160 g/mol. The molecule has 0 aliphatic heterocycles. The summed E-state index contributed by atoms with van der Waals surface area (Å²) in [5, 5.41) is 34.0. The third-order valence-electron chi connectivity index (χ3n) is 10.6. The van der Waals surface area contributed by atoms with E-state index in [0.717, 1.165) is 36.3 Å². The van der Waals surface area contributed by atoms with Crippen molar-refractivity contribution >= 4 is 69.2 Å². The molecule has 0 bridgehead atoms. The molecule has 0 aliphatic rings. The molecule has 3 amide bonds. The lowest BCUT2D eigenvalue weighted by Crippen LogP contribution is -2.20. The van der Waals surface area contributed by atoms with Crippen molar-refractivity contribution in [1.29, 1.82) is 0 Å². The second-order valence-electron chi connectivity index (χ2n) is 16.7. The van der Waals surface area contributed by atoms with Gasteiger partial charge >= 0.3 is 0 Å². The smallest absolute Gasteiger partial charge is 0.295 e. The highest BCUT2D eigenvalue weighted by molar-refractivity contribution is 7.19. The Morgan fingerprint density at radius 3 is 1.37 bits per heavy atom. The fourth-order valence-corrected chi connectivity index (χ4v) is 9.77. The number of ether oxygens (including phenoxy) is 4. The summed E-state index contributed by atoms with van der Waals surface area (Å²) in [4.78, 5) is 77.1. The first-order chi connectivity index (χ1) is 40.0. The number of nitrogens with zero attached hydrogens (tertiary/aromatic N) is 13. The maximum Gasteiger partial charge on any atom is 0.295 e. The normalized spacial score (nSPS) is 10.7. The molecule has 6 N–H and O–H groups in total. The molecule has 11 rings (SSSR count). The Bertz CT molecular complexity index is 3800. The Morgan fingerprint density at radius 2 is 0.976 bits per heavy atom. The molecule has 10 heterocycles. The first-order valence-corrected chi connectivity index (χ1v) is 27.4. The molecule has 10 aromatic heterocycles. The van der Waals surface area contributed by atoms with Gasteiger partial charge in [0, 0.05) is 47.3 Å². The number of hydrogen-bond acceptors (Lipinski definition) is 24. The predicted molar refractivity (Wildman–Crippen MR) is 304 cm³/mol. The number of hydrogen-bond donors (Lipinski definition) is 6. The molecule has 0 saturated heterocycles. The summed E-state index contributed by atoms with van der Waals surface area (Å²) in [7, 11) is 0. The first kappa shape index (κ1) is 56.5.